The van der Waals surface area contributed by atoms with Crippen LogP contribution in [0.3, 0.4) is 0 Å². The van der Waals surface area contributed by atoms with Gasteiger partial charge >= 0.3 is 0 Å². The maximum atomic E-state index is 13.6. The summed E-state index contributed by atoms with van der Waals surface area (Å²) in [5, 5.41) is 2.60. The number of carbonyl (C=O) groups is 1. The van der Waals surface area contributed by atoms with Gasteiger partial charge in [0.2, 0.25) is 0 Å². The summed E-state index contributed by atoms with van der Waals surface area (Å²) < 4.78 is 14.3. The molecule has 19 heavy (non-hydrogen) atoms. The molecule has 0 atom stereocenters. The lowest BCUT2D eigenvalue weighted by Crippen LogP contribution is -2.14. The largest absolute Gasteiger partial charge is 0.398 e. The van der Waals surface area contributed by atoms with Crippen molar-refractivity contribution in [3.8, 4) is 0 Å². The van der Waals surface area contributed by atoms with Crippen LogP contribution in [-0.4, -0.2) is 5.91 Å². The number of amides is 1. The Kier molecular flexibility index (Phi) is 4.07. The molecule has 0 aliphatic rings. The van der Waals surface area contributed by atoms with Gasteiger partial charge < -0.3 is 11.1 Å². The third kappa shape index (κ3) is 3.05. The molecule has 2 aromatic rings. The van der Waals surface area contributed by atoms with E-state index in [1.54, 1.807) is 18.2 Å². The first-order valence-electron chi connectivity index (χ1n) is 5.29. The number of nitrogens with two attached hydrogens (primary N) is 1. The molecule has 0 aromatic heterocycles. The number of nitrogens with one attached hydrogen (secondary N) is 1. The highest BCUT2D eigenvalue weighted by Crippen LogP contribution is 2.25. The standard InChI is InChI=1S/C13H9BrClFN2O/c14-8-5-4-7(6-11(8)17)18-13(19)12-9(15)2-1-3-10(12)16/h1-6H,17H2,(H,18,19). The summed E-state index contributed by atoms with van der Waals surface area (Å²) in [6.07, 6.45) is 0. The molecule has 0 bridgehead atoms. The lowest BCUT2D eigenvalue weighted by Gasteiger charge is -2.08. The van der Waals surface area contributed by atoms with Crippen LogP contribution in [0.5, 0.6) is 0 Å². The van der Waals surface area contributed by atoms with E-state index in [0.29, 0.717) is 11.4 Å². The second-order valence-electron chi connectivity index (χ2n) is 3.79. The first kappa shape index (κ1) is 13.8. The normalized spacial score (nSPS) is 10.3. The quantitative estimate of drug-likeness (QED) is 0.807. The minimum Gasteiger partial charge on any atom is -0.398 e. The van der Waals surface area contributed by atoms with Crippen molar-refractivity contribution in [2.75, 3.05) is 11.1 Å². The molecular formula is C13H9BrClFN2O. The fraction of sp³-hybridized carbons (Fsp3) is 0. The molecule has 0 heterocycles. The number of hydrogen-bond acceptors (Lipinski definition) is 2. The second kappa shape index (κ2) is 5.59. The summed E-state index contributed by atoms with van der Waals surface area (Å²) >= 11 is 9.06. The molecule has 0 aliphatic carbocycles. The van der Waals surface area contributed by atoms with E-state index >= 15 is 0 Å². The van der Waals surface area contributed by atoms with E-state index in [1.165, 1.54) is 18.2 Å². The average Bonchev–Trinajstić information content (AvgIpc) is 2.33. The Hall–Kier alpha value is -1.59. The predicted octanol–water partition coefficient (Wildman–Crippen LogP) is 4.08. The molecule has 0 radical (unpaired) electrons. The number of nitrogen functional groups attached to an aromatic ring is 1. The van der Waals surface area contributed by atoms with Gasteiger partial charge in [0.25, 0.3) is 5.91 Å². The average molecular weight is 344 g/mol. The maximum Gasteiger partial charge on any atom is 0.260 e. The number of rotatable bonds is 2. The Balaban J connectivity index is 2.28. The van der Waals surface area contributed by atoms with E-state index in [-0.39, 0.29) is 10.6 Å². The fourth-order valence-corrected chi connectivity index (χ4v) is 2.03. The third-order valence-electron chi connectivity index (χ3n) is 2.44. The summed E-state index contributed by atoms with van der Waals surface area (Å²) in [5.74, 6) is -1.29. The van der Waals surface area contributed by atoms with Crippen molar-refractivity contribution in [1.82, 2.24) is 0 Å². The van der Waals surface area contributed by atoms with Crippen LogP contribution in [0, 0.1) is 5.82 Å². The molecule has 0 saturated carbocycles. The summed E-state index contributed by atoms with van der Waals surface area (Å²) in [4.78, 5) is 12.0. The maximum absolute atomic E-state index is 13.6. The van der Waals surface area contributed by atoms with Crippen LogP contribution in [-0.2, 0) is 0 Å². The Morgan fingerprint density at radius 3 is 2.68 bits per heavy atom. The van der Waals surface area contributed by atoms with Gasteiger partial charge in [0.1, 0.15) is 5.82 Å². The zero-order chi connectivity index (χ0) is 14.0. The van der Waals surface area contributed by atoms with E-state index in [9.17, 15) is 9.18 Å². The van der Waals surface area contributed by atoms with Crippen LogP contribution in [0.15, 0.2) is 40.9 Å². The van der Waals surface area contributed by atoms with Gasteiger partial charge in [-0.3, -0.25) is 4.79 Å². The van der Waals surface area contributed by atoms with Crippen molar-refractivity contribution in [3.05, 3.63) is 57.3 Å². The van der Waals surface area contributed by atoms with Crippen molar-refractivity contribution in [3.63, 3.8) is 0 Å². The van der Waals surface area contributed by atoms with Crippen LogP contribution in [0.1, 0.15) is 10.4 Å². The Morgan fingerprint density at radius 1 is 1.32 bits per heavy atom. The Labute approximate surface area is 122 Å². The molecule has 3 N–H and O–H groups in total. The van der Waals surface area contributed by atoms with Crippen LogP contribution in [0.25, 0.3) is 0 Å². The SMILES string of the molecule is Nc1cc(NC(=O)c2c(F)cccc2Cl)ccc1Br. The zero-order valence-electron chi connectivity index (χ0n) is 9.58. The van der Waals surface area contributed by atoms with Gasteiger partial charge in [-0.1, -0.05) is 17.7 Å². The van der Waals surface area contributed by atoms with Crippen molar-refractivity contribution in [2.45, 2.75) is 0 Å². The van der Waals surface area contributed by atoms with E-state index in [4.69, 9.17) is 17.3 Å². The molecule has 0 aliphatic heterocycles. The molecule has 2 rings (SSSR count). The van der Waals surface area contributed by atoms with Crippen molar-refractivity contribution >= 4 is 44.8 Å². The highest BCUT2D eigenvalue weighted by Gasteiger charge is 2.15. The summed E-state index contributed by atoms with van der Waals surface area (Å²) in [6.45, 7) is 0. The van der Waals surface area contributed by atoms with E-state index in [0.717, 1.165) is 4.47 Å². The summed E-state index contributed by atoms with van der Waals surface area (Å²) in [6, 6.07) is 8.97. The van der Waals surface area contributed by atoms with Crippen LogP contribution < -0.4 is 11.1 Å². The third-order valence-corrected chi connectivity index (χ3v) is 3.48. The fourth-order valence-electron chi connectivity index (χ4n) is 1.53. The van der Waals surface area contributed by atoms with Crippen molar-refractivity contribution < 1.29 is 9.18 Å². The van der Waals surface area contributed by atoms with Crippen LogP contribution >= 0.6 is 27.5 Å². The minimum atomic E-state index is -0.671. The molecule has 1 amide bonds. The van der Waals surface area contributed by atoms with E-state index in [1.807, 2.05) is 0 Å². The number of anilines is 2. The van der Waals surface area contributed by atoms with Crippen LogP contribution in [0.4, 0.5) is 15.8 Å². The molecular weight excluding hydrogens is 335 g/mol. The van der Waals surface area contributed by atoms with Gasteiger partial charge in [0, 0.05) is 15.8 Å². The van der Waals surface area contributed by atoms with E-state index in [2.05, 4.69) is 21.2 Å². The monoisotopic (exact) mass is 342 g/mol. The van der Waals surface area contributed by atoms with Gasteiger partial charge in [-0.2, -0.15) is 0 Å². The smallest absolute Gasteiger partial charge is 0.260 e. The molecule has 98 valence electrons. The van der Waals surface area contributed by atoms with E-state index < -0.39 is 11.7 Å². The van der Waals surface area contributed by atoms with Gasteiger partial charge in [-0.15, -0.1) is 0 Å². The molecule has 6 heteroatoms. The van der Waals surface area contributed by atoms with Gasteiger partial charge in [-0.05, 0) is 46.3 Å². The van der Waals surface area contributed by atoms with Crippen molar-refractivity contribution in [2.24, 2.45) is 0 Å². The molecule has 0 unspecified atom stereocenters. The number of carbonyl (C=O) groups excluding carboxylic acids is 1. The number of benzene rings is 2. The molecule has 3 nitrogen and oxygen atoms in total. The highest BCUT2D eigenvalue weighted by atomic mass is 79.9. The minimum absolute atomic E-state index is 0.0579. The summed E-state index contributed by atoms with van der Waals surface area (Å²) in [5.41, 5.74) is 6.44. The van der Waals surface area contributed by atoms with Gasteiger partial charge in [-0.25, -0.2) is 4.39 Å². The molecule has 2 aromatic carbocycles. The lowest BCUT2D eigenvalue weighted by atomic mass is 10.2. The Morgan fingerprint density at radius 2 is 2.05 bits per heavy atom. The van der Waals surface area contributed by atoms with Gasteiger partial charge in [0.15, 0.2) is 0 Å². The zero-order valence-corrected chi connectivity index (χ0v) is 11.9. The van der Waals surface area contributed by atoms with Gasteiger partial charge in [0.05, 0.1) is 10.6 Å². The molecule has 0 saturated heterocycles. The number of halogens is 3. The lowest BCUT2D eigenvalue weighted by molar-refractivity contribution is 0.102. The van der Waals surface area contributed by atoms with Crippen molar-refractivity contribution in [1.29, 1.82) is 0 Å². The Bertz CT molecular complexity index is 628. The summed E-state index contributed by atoms with van der Waals surface area (Å²) in [7, 11) is 0. The first-order valence-corrected chi connectivity index (χ1v) is 6.46. The number of hydrogen-bond donors (Lipinski definition) is 2. The second-order valence-corrected chi connectivity index (χ2v) is 5.05. The molecule has 0 fully saturated rings. The topological polar surface area (TPSA) is 55.1 Å². The highest BCUT2D eigenvalue weighted by molar-refractivity contribution is 9.10. The molecule has 0 spiro atoms. The van der Waals surface area contributed by atoms with Crippen LogP contribution in [0.2, 0.25) is 5.02 Å². The predicted molar refractivity (Wildman–Crippen MR) is 77.9 cm³/mol. The first-order chi connectivity index (χ1) is 8.99.